The van der Waals surface area contributed by atoms with E-state index in [-0.39, 0.29) is 5.82 Å². The quantitative estimate of drug-likeness (QED) is 0.769. The third kappa shape index (κ3) is 2.97. The summed E-state index contributed by atoms with van der Waals surface area (Å²) in [4.78, 5) is 8.47. The van der Waals surface area contributed by atoms with E-state index >= 15 is 0 Å². The highest BCUT2D eigenvalue weighted by Gasteiger charge is 2.07. The van der Waals surface area contributed by atoms with Crippen molar-refractivity contribution >= 4 is 17.5 Å². The van der Waals surface area contributed by atoms with Crippen LogP contribution >= 0.6 is 0 Å². The minimum Gasteiger partial charge on any atom is -0.383 e. The van der Waals surface area contributed by atoms with Crippen LogP contribution in [-0.2, 0) is 0 Å². The molecule has 3 rings (SSSR count). The largest absolute Gasteiger partial charge is 0.383 e. The monoisotopic (exact) mass is 280 g/mol. The summed E-state index contributed by atoms with van der Waals surface area (Å²) in [5.74, 6) is 0.472. The van der Waals surface area contributed by atoms with Gasteiger partial charge < -0.3 is 11.1 Å². The number of hydrogen-bond donors (Lipinski definition) is 2. The number of nitrogens with zero attached hydrogens (tertiary/aromatic N) is 2. The van der Waals surface area contributed by atoms with Gasteiger partial charge in [0, 0.05) is 17.4 Å². The topological polar surface area (TPSA) is 63.8 Å². The highest BCUT2D eigenvalue weighted by atomic mass is 19.1. The molecule has 0 bridgehead atoms. The summed E-state index contributed by atoms with van der Waals surface area (Å²) in [6.45, 7) is 0. The number of rotatable bonds is 3. The van der Waals surface area contributed by atoms with Crippen molar-refractivity contribution in [3.05, 3.63) is 66.6 Å². The number of nitrogens with one attached hydrogen (secondary N) is 1. The highest BCUT2D eigenvalue weighted by molar-refractivity contribution is 5.74. The molecule has 0 aliphatic heterocycles. The van der Waals surface area contributed by atoms with Crippen LogP contribution in [0.25, 0.3) is 11.1 Å². The third-order valence-corrected chi connectivity index (χ3v) is 3.00. The Labute approximate surface area is 121 Å². The van der Waals surface area contributed by atoms with Crippen LogP contribution in [0.5, 0.6) is 0 Å². The minimum atomic E-state index is -0.291. The smallest absolute Gasteiger partial charge is 0.229 e. The first kappa shape index (κ1) is 13.1. The molecule has 21 heavy (non-hydrogen) atoms. The van der Waals surface area contributed by atoms with E-state index in [0.29, 0.717) is 17.3 Å². The van der Waals surface area contributed by atoms with Gasteiger partial charge in [-0.2, -0.15) is 4.98 Å². The van der Waals surface area contributed by atoms with Crippen molar-refractivity contribution in [1.82, 2.24) is 9.97 Å². The molecule has 0 amide bonds. The first-order valence-corrected chi connectivity index (χ1v) is 6.43. The second-order valence-electron chi connectivity index (χ2n) is 4.49. The summed E-state index contributed by atoms with van der Waals surface area (Å²) in [5.41, 5.74) is 8.29. The number of halogens is 1. The first-order chi connectivity index (χ1) is 10.2. The van der Waals surface area contributed by atoms with Crippen molar-refractivity contribution in [2.75, 3.05) is 11.1 Å². The molecule has 0 spiro atoms. The van der Waals surface area contributed by atoms with Gasteiger partial charge in [-0.15, -0.1) is 0 Å². The zero-order chi connectivity index (χ0) is 14.7. The lowest BCUT2D eigenvalue weighted by molar-refractivity contribution is 0.628. The zero-order valence-corrected chi connectivity index (χ0v) is 11.1. The fourth-order valence-corrected chi connectivity index (χ4v) is 1.96. The number of nitrogen functional groups attached to an aromatic ring is 1. The number of anilines is 3. The van der Waals surface area contributed by atoms with Crippen molar-refractivity contribution < 1.29 is 4.39 Å². The van der Waals surface area contributed by atoms with Gasteiger partial charge in [0.05, 0.1) is 0 Å². The maximum absolute atomic E-state index is 12.9. The van der Waals surface area contributed by atoms with Gasteiger partial charge in [-0.05, 0) is 29.8 Å². The van der Waals surface area contributed by atoms with Crippen LogP contribution in [0.2, 0.25) is 0 Å². The van der Waals surface area contributed by atoms with Gasteiger partial charge in [0.25, 0.3) is 0 Å². The lowest BCUT2D eigenvalue weighted by Crippen LogP contribution is -2.02. The molecule has 3 N–H and O–H groups in total. The van der Waals surface area contributed by atoms with Crippen LogP contribution in [0.1, 0.15) is 0 Å². The fourth-order valence-electron chi connectivity index (χ4n) is 1.96. The van der Waals surface area contributed by atoms with Gasteiger partial charge in [0.1, 0.15) is 11.6 Å². The molecular formula is C16H13FN4. The van der Waals surface area contributed by atoms with E-state index in [0.717, 1.165) is 11.3 Å². The van der Waals surface area contributed by atoms with Gasteiger partial charge >= 0.3 is 0 Å². The number of hydrogen-bond acceptors (Lipinski definition) is 4. The molecule has 0 aliphatic carbocycles. The molecule has 2 aromatic carbocycles. The third-order valence-electron chi connectivity index (χ3n) is 3.00. The number of benzene rings is 2. The second kappa shape index (κ2) is 5.58. The molecule has 1 aromatic heterocycles. The summed E-state index contributed by atoms with van der Waals surface area (Å²) < 4.78 is 12.9. The molecule has 3 aromatic rings. The van der Waals surface area contributed by atoms with E-state index in [4.69, 9.17) is 5.73 Å². The molecule has 0 unspecified atom stereocenters. The molecule has 0 saturated heterocycles. The van der Waals surface area contributed by atoms with E-state index < -0.39 is 0 Å². The Bertz CT molecular complexity index is 742. The van der Waals surface area contributed by atoms with E-state index in [1.807, 2.05) is 30.3 Å². The number of aromatic nitrogens is 2. The van der Waals surface area contributed by atoms with Crippen molar-refractivity contribution in [3.8, 4) is 11.1 Å². The Morgan fingerprint density at radius 2 is 1.67 bits per heavy atom. The van der Waals surface area contributed by atoms with Crippen LogP contribution in [0.4, 0.5) is 21.8 Å². The Kier molecular flexibility index (Phi) is 3.47. The average Bonchev–Trinajstić information content (AvgIpc) is 2.50. The van der Waals surface area contributed by atoms with Crippen molar-refractivity contribution in [3.63, 3.8) is 0 Å². The number of nitrogens with two attached hydrogens (primary N) is 1. The van der Waals surface area contributed by atoms with E-state index in [9.17, 15) is 4.39 Å². The van der Waals surface area contributed by atoms with E-state index in [1.165, 1.54) is 12.1 Å². The zero-order valence-electron chi connectivity index (χ0n) is 11.1. The van der Waals surface area contributed by atoms with Crippen molar-refractivity contribution in [1.29, 1.82) is 0 Å². The normalized spacial score (nSPS) is 10.3. The predicted octanol–water partition coefficient (Wildman–Crippen LogP) is 3.61. The Morgan fingerprint density at radius 3 is 2.33 bits per heavy atom. The van der Waals surface area contributed by atoms with Crippen molar-refractivity contribution in [2.24, 2.45) is 0 Å². The molecule has 0 radical (unpaired) electrons. The van der Waals surface area contributed by atoms with Crippen LogP contribution in [0.15, 0.2) is 60.8 Å². The maximum atomic E-state index is 12.9. The highest BCUT2D eigenvalue weighted by Crippen LogP contribution is 2.25. The van der Waals surface area contributed by atoms with E-state index in [1.54, 1.807) is 18.3 Å². The minimum absolute atomic E-state index is 0.291. The fraction of sp³-hybridized carbons (Fsp3) is 0. The Balaban J connectivity index is 1.88. The van der Waals surface area contributed by atoms with Crippen LogP contribution in [0, 0.1) is 5.82 Å². The van der Waals surface area contributed by atoms with Crippen molar-refractivity contribution in [2.45, 2.75) is 0 Å². The van der Waals surface area contributed by atoms with Gasteiger partial charge in [-0.25, -0.2) is 9.37 Å². The summed E-state index contributed by atoms with van der Waals surface area (Å²) >= 11 is 0. The molecule has 4 nitrogen and oxygen atoms in total. The Morgan fingerprint density at radius 1 is 0.952 bits per heavy atom. The molecule has 0 saturated carbocycles. The molecule has 0 atom stereocenters. The molecule has 104 valence electrons. The summed E-state index contributed by atoms with van der Waals surface area (Å²) in [6.07, 6.45) is 1.63. The van der Waals surface area contributed by atoms with Gasteiger partial charge in [0.15, 0.2) is 0 Å². The second-order valence-corrected chi connectivity index (χ2v) is 4.49. The van der Waals surface area contributed by atoms with Gasteiger partial charge in [-0.1, -0.05) is 30.3 Å². The van der Waals surface area contributed by atoms with E-state index in [2.05, 4.69) is 15.3 Å². The molecular weight excluding hydrogens is 267 g/mol. The van der Waals surface area contributed by atoms with Crippen LogP contribution < -0.4 is 11.1 Å². The first-order valence-electron chi connectivity index (χ1n) is 6.43. The predicted molar refractivity (Wildman–Crippen MR) is 81.6 cm³/mol. The van der Waals surface area contributed by atoms with Crippen LogP contribution in [-0.4, -0.2) is 9.97 Å². The molecule has 5 heteroatoms. The standard InChI is InChI=1S/C16H13FN4/c17-12-8-6-11(7-9-12)14-10-19-16(21-15(14)18)20-13-4-2-1-3-5-13/h1-10H,(H3,18,19,20,21). The van der Waals surface area contributed by atoms with Crippen LogP contribution in [0.3, 0.4) is 0 Å². The molecule has 0 aliphatic rings. The SMILES string of the molecule is Nc1nc(Nc2ccccc2)ncc1-c1ccc(F)cc1. The van der Waals surface area contributed by atoms with Gasteiger partial charge in [-0.3, -0.25) is 0 Å². The molecule has 1 heterocycles. The number of para-hydroxylation sites is 1. The lowest BCUT2D eigenvalue weighted by Gasteiger charge is -2.08. The average molecular weight is 280 g/mol. The maximum Gasteiger partial charge on any atom is 0.229 e. The summed E-state index contributed by atoms with van der Waals surface area (Å²) in [6, 6.07) is 15.6. The van der Waals surface area contributed by atoms with Gasteiger partial charge in [0.2, 0.25) is 5.95 Å². The summed E-state index contributed by atoms with van der Waals surface area (Å²) in [7, 11) is 0. The lowest BCUT2D eigenvalue weighted by atomic mass is 10.1. The molecule has 0 fully saturated rings. The Hall–Kier alpha value is -2.95. The summed E-state index contributed by atoms with van der Waals surface area (Å²) in [5, 5.41) is 3.07.